The molecule has 4 aliphatic rings. The summed E-state index contributed by atoms with van der Waals surface area (Å²) in [6.07, 6.45) is 3.39. The first-order chi connectivity index (χ1) is 17.0. The van der Waals surface area contributed by atoms with Crippen molar-refractivity contribution < 1.29 is 23.9 Å². The van der Waals surface area contributed by atoms with Crippen LogP contribution in [0.25, 0.3) is 0 Å². The Labute approximate surface area is 206 Å². The SMILES string of the molecule is N[C@H]1CC[C@@H](OCc2ccccc2)C[C@H]2CC[C@@H](C(=O)N3CC(C(=O)N4CCOCC4)C3)N2C1=O. The predicted octanol–water partition coefficient (Wildman–Crippen LogP) is 0.760. The predicted molar refractivity (Wildman–Crippen MR) is 128 cm³/mol. The molecule has 0 radical (unpaired) electrons. The fourth-order valence-electron chi connectivity index (χ4n) is 5.80. The molecule has 4 atom stereocenters. The molecule has 5 rings (SSSR count). The van der Waals surface area contributed by atoms with Gasteiger partial charge < -0.3 is 29.9 Å². The van der Waals surface area contributed by atoms with Gasteiger partial charge in [0.05, 0.1) is 37.9 Å². The van der Waals surface area contributed by atoms with Gasteiger partial charge in [0.2, 0.25) is 17.7 Å². The van der Waals surface area contributed by atoms with Gasteiger partial charge in [0, 0.05) is 32.2 Å². The first-order valence-corrected chi connectivity index (χ1v) is 12.9. The lowest BCUT2D eigenvalue weighted by Crippen LogP contribution is -2.62. The molecule has 35 heavy (non-hydrogen) atoms. The molecule has 4 fully saturated rings. The van der Waals surface area contributed by atoms with E-state index in [2.05, 4.69) is 0 Å². The van der Waals surface area contributed by atoms with Crippen LogP contribution in [0.1, 0.15) is 37.7 Å². The lowest BCUT2D eigenvalue weighted by atomic mass is 9.96. The number of carbonyl (C=O) groups excluding carboxylic acids is 3. The molecule has 0 aromatic heterocycles. The van der Waals surface area contributed by atoms with Crippen molar-refractivity contribution in [1.29, 1.82) is 0 Å². The van der Waals surface area contributed by atoms with Crippen molar-refractivity contribution >= 4 is 17.7 Å². The first-order valence-electron chi connectivity index (χ1n) is 12.9. The maximum Gasteiger partial charge on any atom is 0.245 e. The third-order valence-electron chi connectivity index (χ3n) is 7.89. The molecule has 1 aromatic carbocycles. The van der Waals surface area contributed by atoms with Crippen LogP contribution in [-0.4, -0.2) is 96.0 Å². The Balaban J connectivity index is 1.19. The summed E-state index contributed by atoms with van der Waals surface area (Å²) in [4.78, 5) is 44.6. The second-order valence-electron chi connectivity index (χ2n) is 10.2. The second-order valence-corrected chi connectivity index (χ2v) is 10.2. The number of morpholine rings is 1. The highest BCUT2D eigenvalue weighted by Gasteiger charge is 2.48. The Morgan fingerprint density at radius 2 is 1.71 bits per heavy atom. The van der Waals surface area contributed by atoms with E-state index in [9.17, 15) is 14.4 Å². The van der Waals surface area contributed by atoms with Crippen molar-refractivity contribution in [3.05, 3.63) is 35.9 Å². The number of benzene rings is 1. The minimum absolute atomic E-state index is 0.00441. The van der Waals surface area contributed by atoms with E-state index >= 15 is 0 Å². The summed E-state index contributed by atoms with van der Waals surface area (Å²) in [6, 6.07) is 8.89. The van der Waals surface area contributed by atoms with Crippen LogP contribution in [0.3, 0.4) is 0 Å². The zero-order chi connectivity index (χ0) is 24.4. The fourth-order valence-corrected chi connectivity index (χ4v) is 5.80. The van der Waals surface area contributed by atoms with Crippen LogP contribution < -0.4 is 5.73 Å². The van der Waals surface area contributed by atoms with Gasteiger partial charge in [-0.15, -0.1) is 0 Å². The molecular weight excluding hydrogens is 448 g/mol. The molecule has 190 valence electrons. The molecule has 9 heteroatoms. The van der Waals surface area contributed by atoms with Crippen molar-refractivity contribution in [2.45, 2.75) is 62.9 Å². The zero-order valence-corrected chi connectivity index (χ0v) is 20.2. The van der Waals surface area contributed by atoms with E-state index in [1.807, 2.05) is 35.2 Å². The van der Waals surface area contributed by atoms with E-state index < -0.39 is 12.1 Å². The standard InChI is InChI=1S/C26H36N4O5/c27-22-8-7-21(35-17-18-4-2-1-3-5-18)14-20-6-9-23(30(20)25(22)32)26(33)29-15-19(16-29)24(31)28-10-12-34-13-11-28/h1-5,19-23H,6-17,27H2/t20-,21-,22+,23+/m1/s1. The molecule has 0 aliphatic carbocycles. The number of fused-ring (bicyclic) bond motifs is 1. The smallest absolute Gasteiger partial charge is 0.245 e. The van der Waals surface area contributed by atoms with Gasteiger partial charge in [-0.2, -0.15) is 0 Å². The van der Waals surface area contributed by atoms with Crippen molar-refractivity contribution in [2.24, 2.45) is 11.7 Å². The minimum atomic E-state index is -0.624. The van der Waals surface area contributed by atoms with Gasteiger partial charge in [-0.05, 0) is 37.7 Å². The van der Waals surface area contributed by atoms with E-state index in [1.165, 1.54) is 0 Å². The molecule has 0 spiro atoms. The van der Waals surface area contributed by atoms with Crippen molar-refractivity contribution in [2.75, 3.05) is 39.4 Å². The monoisotopic (exact) mass is 484 g/mol. The van der Waals surface area contributed by atoms with Crippen LogP contribution in [0.2, 0.25) is 0 Å². The van der Waals surface area contributed by atoms with E-state index in [0.29, 0.717) is 65.3 Å². The van der Waals surface area contributed by atoms with Crippen molar-refractivity contribution in [3.63, 3.8) is 0 Å². The summed E-state index contributed by atoms with van der Waals surface area (Å²) in [6.45, 7) is 3.73. The average molecular weight is 485 g/mol. The molecule has 0 unspecified atom stereocenters. The Morgan fingerprint density at radius 1 is 0.971 bits per heavy atom. The minimum Gasteiger partial charge on any atom is -0.378 e. The number of nitrogens with zero attached hydrogens (tertiary/aromatic N) is 3. The number of likely N-dealkylation sites (tertiary alicyclic amines) is 1. The molecule has 4 heterocycles. The molecule has 4 saturated heterocycles. The second kappa shape index (κ2) is 10.6. The zero-order valence-electron chi connectivity index (χ0n) is 20.2. The van der Waals surface area contributed by atoms with Crippen molar-refractivity contribution in [1.82, 2.24) is 14.7 Å². The van der Waals surface area contributed by atoms with Crippen LogP contribution >= 0.6 is 0 Å². The lowest BCUT2D eigenvalue weighted by Gasteiger charge is -2.44. The largest absolute Gasteiger partial charge is 0.378 e. The van der Waals surface area contributed by atoms with Crippen LogP contribution in [0.5, 0.6) is 0 Å². The highest BCUT2D eigenvalue weighted by Crippen LogP contribution is 2.34. The van der Waals surface area contributed by atoms with Gasteiger partial charge in [0.15, 0.2) is 0 Å². The maximum absolute atomic E-state index is 13.4. The highest BCUT2D eigenvalue weighted by molar-refractivity contribution is 5.92. The van der Waals surface area contributed by atoms with Crippen molar-refractivity contribution in [3.8, 4) is 0 Å². The Bertz CT molecular complexity index is 916. The number of hydrogen-bond donors (Lipinski definition) is 1. The van der Waals surface area contributed by atoms with Crippen LogP contribution in [0.15, 0.2) is 30.3 Å². The van der Waals surface area contributed by atoms with Crippen LogP contribution in [0.4, 0.5) is 0 Å². The Kier molecular flexibility index (Phi) is 7.36. The summed E-state index contributed by atoms with van der Waals surface area (Å²) in [5, 5.41) is 0. The van der Waals surface area contributed by atoms with Gasteiger partial charge in [-0.25, -0.2) is 0 Å². The van der Waals surface area contributed by atoms with Gasteiger partial charge in [-0.3, -0.25) is 14.4 Å². The third kappa shape index (κ3) is 5.22. The first kappa shape index (κ1) is 24.2. The van der Waals surface area contributed by atoms with E-state index in [0.717, 1.165) is 18.4 Å². The van der Waals surface area contributed by atoms with Gasteiger partial charge in [0.1, 0.15) is 6.04 Å². The number of ether oxygens (including phenoxy) is 2. The van der Waals surface area contributed by atoms with E-state index in [4.69, 9.17) is 15.2 Å². The number of hydrogen-bond acceptors (Lipinski definition) is 6. The van der Waals surface area contributed by atoms with Crippen LogP contribution in [0, 0.1) is 5.92 Å². The summed E-state index contributed by atoms with van der Waals surface area (Å²) in [5.41, 5.74) is 7.39. The molecule has 0 bridgehead atoms. The van der Waals surface area contributed by atoms with Gasteiger partial charge >= 0.3 is 0 Å². The van der Waals surface area contributed by atoms with Gasteiger partial charge in [0.25, 0.3) is 0 Å². The highest BCUT2D eigenvalue weighted by atomic mass is 16.5. The molecular formula is C26H36N4O5. The van der Waals surface area contributed by atoms with Crippen LogP contribution in [-0.2, 0) is 30.5 Å². The number of carbonyl (C=O) groups is 3. The summed E-state index contributed by atoms with van der Waals surface area (Å²) in [7, 11) is 0. The Hall–Kier alpha value is -2.49. The molecule has 0 saturated carbocycles. The number of amides is 3. The average Bonchev–Trinajstić information content (AvgIpc) is 3.27. The number of rotatable bonds is 5. The molecule has 1 aromatic rings. The third-order valence-corrected chi connectivity index (χ3v) is 7.89. The lowest BCUT2D eigenvalue weighted by molar-refractivity contribution is -0.157. The normalized spacial score (nSPS) is 29.9. The quantitative estimate of drug-likeness (QED) is 0.662. The summed E-state index contributed by atoms with van der Waals surface area (Å²) in [5.74, 6) is -0.241. The molecule has 2 N–H and O–H groups in total. The fraction of sp³-hybridized carbons (Fsp3) is 0.654. The topological polar surface area (TPSA) is 105 Å². The molecule has 3 amide bonds. The molecule has 4 aliphatic heterocycles. The summed E-state index contributed by atoms with van der Waals surface area (Å²) < 4.78 is 11.6. The Morgan fingerprint density at radius 3 is 2.46 bits per heavy atom. The van der Waals surface area contributed by atoms with Gasteiger partial charge in [-0.1, -0.05) is 30.3 Å². The molecule has 9 nitrogen and oxygen atoms in total. The van der Waals surface area contributed by atoms with E-state index in [-0.39, 0.29) is 35.8 Å². The summed E-state index contributed by atoms with van der Waals surface area (Å²) >= 11 is 0. The maximum atomic E-state index is 13.4. The number of nitrogens with two attached hydrogens (primary N) is 1. The van der Waals surface area contributed by atoms with E-state index in [1.54, 1.807) is 9.80 Å².